The highest BCUT2D eigenvalue weighted by atomic mass is 19.1. The standard InChI is InChI=1S/C14H20FN3O2/c1-10(16-2)9-18-13(19)7-8-17-14(20)11-3-5-12(15)6-4-11/h3-6,10,16H,7-9H2,1-2H3,(H,17,20)(H,18,19). The second-order valence-corrected chi connectivity index (χ2v) is 4.51. The van der Waals surface area contributed by atoms with Crippen LogP contribution in [-0.4, -0.2) is 38.0 Å². The number of carbonyl (C=O) groups is 2. The fraction of sp³-hybridized carbons (Fsp3) is 0.429. The third-order valence-electron chi connectivity index (χ3n) is 2.84. The minimum atomic E-state index is -0.389. The molecule has 1 rings (SSSR count). The highest BCUT2D eigenvalue weighted by Gasteiger charge is 2.07. The van der Waals surface area contributed by atoms with Crippen molar-refractivity contribution in [2.75, 3.05) is 20.1 Å². The molecule has 20 heavy (non-hydrogen) atoms. The zero-order valence-corrected chi connectivity index (χ0v) is 11.7. The van der Waals surface area contributed by atoms with Crippen molar-refractivity contribution in [3.8, 4) is 0 Å². The first-order valence-corrected chi connectivity index (χ1v) is 6.50. The molecule has 2 amide bonds. The molecule has 0 aliphatic rings. The van der Waals surface area contributed by atoms with Crippen molar-refractivity contribution in [3.63, 3.8) is 0 Å². The first-order valence-electron chi connectivity index (χ1n) is 6.50. The Kier molecular flexibility index (Phi) is 6.66. The molecule has 0 bridgehead atoms. The first kappa shape index (κ1) is 16.1. The van der Waals surface area contributed by atoms with Gasteiger partial charge < -0.3 is 16.0 Å². The predicted molar refractivity (Wildman–Crippen MR) is 74.9 cm³/mol. The van der Waals surface area contributed by atoms with E-state index in [0.717, 1.165) is 0 Å². The lowest BCUT2D eigenvalue weighted by Gasteiger charge is -2.11. The Morgan fingerprint density at radius 3 is 2.45 bits per heavy atom. The number of amides is 2. The van der Waals surface area contributed by atoms with E-state index in [1.54, 1.807) is 0 Å². The number of benzene rings is 1. The smallest absolute Gasteiger partial charge is 0.251 e. The molecule has 1 atom stereocenters. The van der Waals surface area contributed by atoms with Crippen molar-refractivity contribution in [1.82, 2.24) is 16.0 Å². The van der Waals surface area contributed by atoms with E-state index < -0.39 is 0 Å². The molecule has 110 valence electrons. The Balaban J connectivity index is 2.25. The summed E-state index contributed by atoms with van der Waals surface area (Å²) in [5, 5.41) is 8.37. The van der Waals surface area contributed by atoms with Crippen LogP contribution < -0.4 is 16.0 Å². The molecule has 5 nitrogen and oxygen atoms in total. The van der Waals surface area contributed by atoms with Crippen LogP contribution in [-0.2, 0) is 4.79 Å². The van der Waals surface area contributed by atoms with Gasteiger partial charge in [-0.05, 0) is 38.2 Å². The predicted octanol–water partition coefficient (Wildman–Crippen LogP) is 0.670. The molecular formula is C14H20FN3O2. The average molecular weight is 281 g/mol. The summed E-state index contributed by atoms with van der Waals surface area (Å²) >= 11 is 0. The molecule has 0 fully saturated rings. The monoisotopic (exact) mass is 281 g/mol. The molecule has 0 saturated heterocycles. The maximum Gasteiger partial charge on any atom is 0.251 e. The van der Waals surface area contributed by atoms with E-state index in [-0.39, 0.29) is 36.6 Å². The molecular weight excluding hydrogens is 261 g/mol. The van der Waals surface area contributed by atoms with Crippen molar-refractivity contribution in [3.05, 3.63) is 35.6 Å². The van der Waals surface area contributed by atoms with Gasteiger partial charge in [-0.2, -0.15) is 0 Å². The van der Waals surface area contributed by atoms with Crippen molar-refractivity contribution in [2.24, 2.45) is 0 Å². The topological polar surface area (TPSA) is 70.2 Å². The molecule has 0 heterocycles. The van der Waals surface area contributed by atoms with Crippen LogP contribution >= 0.6 is 0 Å². The second kappa shape index (κ2) is 8.27. The van der Waals surface area contributed by atoms with Gasteiger partial charge in [-0.1, -0.05) is 0 Å². The summed E-state index contributed by atoms with van der Waals surface area (Å²) in [6.45, 7) is 2.74. The molecule has 1 unspecified atom stereocenters. The number of halogens is 1. The molecule has 0 saturated carbocycles. The zero-order valence-electron chi connectivity index (χ0n) is 11.7. The van der Waals surface area contributed by atoms with Crippen molar-refractivity contribution >= 4 is 11.8 Å². The maximum atomic E-state index is 12.7. The third-order valence-corrected chi connectivity index (χ3v) is 2.84. The number of hydrogen-bond acceptors (Lipinski definition) is 3. The fourth-order valence-corrected chi connectivity index (χ4v) is 1.45. The molecule has 0 aliphatic heterocycles. The van der Waals surface area contributed by atoms with Gasteiger partial charge in [-0.25, -0.2) is 4.39 Å². The van der Waals surface area contributed by atoms with Crippen LogP contribution in [0, 0.1) is 5.82 Å². The van der Waals surface area contributed by atoms with Gasteiger partial charge in [0.25, 0.3) is 5.91 Å². The minimum Gasteiger partial charge on any atom is -0.354 e. The van der Waals surface area contributed by atoms with Crippen molar-refractivity contribution in [2.45, 2.75) is 19.4 Å². The molecule has 0 aliphatic carbocycles. The Morgan fingerprint density at radius 1 is 1.20 bits per heavy atom. The summed E-state index contributed by atoms with van der Waals surface area (Å²) in [4.78, 5) is 23.2. The van der Waals surface area contributed by atoms with Crippen LogP contribution in [0.25, 0.3) is 0 Å². The van der Waals surface area contributed by atoms with E-state index in [1.807, 2.05) is 14.0 Å². The molecule has 0 radical (unpaired) electrons. The molecule has 0 aromatic heterocycles. The summed E-state index contributed by atoms with van der Waals surface area (Å²) in [6.07, 6.45) is 0.212. The largest absolute Gasteiger partial charge is 0.354 e. The van der Waals surface area contributed by atoms with Crippen LogP contribution in [0.4, 0.5) is 4.39 Å². The van der Waals surface area contributed by atoms with E-state index >= 15 is 0 Å². The fourth-order valence-electron chi connectivity index (χ4n) is 1.45. The van der Waals surface area contributed by atoms with Crippen molar-refractivity contribution in [1.29, 1.82) is 0 Å². The summed E-state index contributed by atoms with van der Waals surface area (Å²) < 4.78 is 12.7. The van der Waals surface area contributed by atoms with Gasteiger partial charge in [-0.15, -0.1) is 0 Å². The Labute approximate surface area is 117 Å². The Morgan fingerprint density at radius 2 is 1.85 bits per heavy atom. The second-order valence-electron chi connectivity index (χ2n) is 4.51. The quantitative estimate of drug-likeness (QED) is 0.688. The first-order chi connectivity index (χ1) is 9.52. The molecule has 0 spiro atoms. The third kappa shape index (κ3) is 5.79. The number of likely N-dealkylation sites (N-methyl/N-ethyl adjacent to an activating group) is 1. The van der Waals surface area contributed by atoms with Gasteiger partial charge in [-0.3, -0.25) is 9.59 Å². The van der Waals surface area contributed by atoms with Gasteiger partial charge in [0.05, 0.1) is 0 Å². The summed E-state index contributed by atoms with van der Waals surface area (Å²) in [6, 6.07) is 5.45. The van der Waals surface area contributed by atoms with Gasteiger partial charge >= 0.3 is 0 Å². The molecule has 1 aromatic carbocycles. The van der Waals surface area contributed by atoms with Crippen LogP contribution in [0.1, 0.15) is 23.7 Å². The molecule has 1 aromatic rings. The van der Waals surface area contributed by atoms with Gasteiger partial charge in [0.2, 0.25) is 5.91 Å². The summed E-state index contributed by atoms with van der Waals surface area (Å²) in [7, 11) is 1.82. The van der Waals surface area contributed by atoms with Gasteiger partial charge in [0.15, 0.2) is 0 Å². The number of nitrogens with one attached hydrogen (secondary N) is 3. The van der Waals surface area contributed by atoms with E-state index in [0.29, 0.717) is 12.1 Å². The Bertz CT molecular complexity index is 448. The van der Waals surface area contributed by atoms with Crippen LogP contribution in [0.5, 0.6) is 0 Å². The average Bonchev–Trinajstić information content (AvgIpc) is 2.45. The van der Waals surface area contributed by atoms with Crippen molar-refractivity contribution < 1.29 is 14.0 Å². The normalized spacial score (nSPS) is 11.8. The Hall–Kier alpha value is -1.95. The number of rotatable bonds is 7. The highest BCUT2D eigenvalue weighted by molar-refractivity contribution is 5.94. The zero-order chi connectivity index (χ0) is 15.0. The van der Waals surface area contributed by atoms with E-state index in [4.69, 9.17) is 0 Å². The summed E-state index contributed by atoms with van der Waals surface area (Å²) in [5.74, 6) is -0.826. The minimum absolute atomic E-state index is 0.119. The molecule has 3 N–H and O–H groups in total. The van der Waals surface area contributed by atoms with Gasteiger partial charge in [0.1, 0.15) is 5.82 Å². The number of carbonyl (C=O) groups excluding carboxylic acids is 2. The van der Waals surface area contributed by atoms with Crippen LogP contribution in [0.2, 0.25) is 0 Å². The van der Waals surface area contributed by atoms with E-state index in [9.17, 15) is 14.0 Å². The number of hydrogen-bond donors (Lipinski definition) is 3. The van der Waals surface area contributed by atoms with E-state index in [2.05, 4.69) is 16.0 Å². The lowest BCUT2D eigenvalue weighted by molar-refractivity contribution is -0.121. The maximum absolute atomic E-state index is 12.7. The lowest BCUT2D eigenvalue weighted by Crippen LogP contribution is -2.38. The van der Waals surface area contributed by atoms with Gasteiger partial charge in [0, 0.05) is 31.1 Å². The summed E-state index contributed by atoms with van der Waals surface area (Å²) in [5.41, 5.74) is 0.371. The van der Waals surface area contributed by atoms with Crippen LogP contribution in [0.15, 0.2) is 24.3 Å². The molecule has 6 heteroatoms. The van der Waals surface area contributed by atoms with Crippen LogP contribution in [0.3, 0.4) is 0 Å². The lowest BCUT2D eigenvalue weighted by atomic mass is 10.2. The van der Waals surface area contributed by atoms with E-state index in [1.165, 1.54) is 24.3 Å². The highest BCUT2D eigenvalue weighted by Crippen LogP contribution is 2.02. The SMILES string of the molecule is CNC(C)CNC(=O)CCNC(=O)c1ccc(F)cc1.